The molecule has 0 aromatic carbocycles. The van der Waals surface area contributed by atoms with Gasteiger partial charge in [0.2, 0.25) is 0 Å². The van der Waals surface area contributed by atoms with Crippen LogP contribution in [0.25, 0.3) is 0 Å². The van der Waals surface area contributed by atoms with E-state index in [1.807, 2.05) is 0 Å². The van der Waals surface area contributed by atoms with E-state index < -0.39 is 11.7 Å². The van der Waals surface area contributed by atoms with Crippen LogP contribution in [0.1, 0.15) is 0 Å². The van der Waals surface area contributed by atoms with Crippen molar-refractivity contribution in [2.24, 2.45) is 0 Å². The number of aliphatic hydroxyl groups is 2. The Balaban J connectivity index is 2.33. The molecule has 0 saturated carbocycles. The van der Waals surface area contributed by atoms with Gasteiger partial charge in [-0.2, -0.15) is 4.83 Å². The molecule has 0 spiro atoms. The van der Waals surface area contributed by atoms with Crippen molar-refractivity contribution in [2.75, 3.05) is 0 Å². The third-order valence-corrected chi connectivity index (χ3v) is 1.39. The van der Waals surface area contributed by atoms with E-state index in [0.29, 0.717) is 0 Å². The number of hydrogen-bond donors (Lipinski definition) is 4. The number of rotatable bonds is 0. The first kappa shape index (κ1) is 5.33. The van der Waals surface area contributed by atoms with E-state index in [0.717, 1.165) is 11.9 Å². The largest absolute Gasteiger partial charge is 0.377 e. The van der Waals surface area contributed by atoms with Crippen LogP contribution in [0.3, 0.4) is 0 Å². The molecule has 1 saturated heterocycles. The summed E-state index contributed by atoms with van der Waals surface area (Å²) in [5, 5.41) is 17.1. The summed E-state index contributed by atoms with van der Waals surface area (Å²) in [6.45, 7) is 0. The number of aliphatic hydroxyl groups excluding tert-OH is 2. The van der Waals surface area contributed by atoms with Crippen molar-refractivity contribution in [1.29, 1.82) is 0 Å². The van der Waals surface area contributed by atoms with E-state index in [1.54, 1.807) is 0 Å². The molecule has 1 aliphatic heterocycles. The average Bonchev–Trinajstić information content (AvgIpc) is 1.91. The van der Waals surface area contributed by atoms with Gasteiger partial charge < -0.3 is 10.2 Å². The summed E-state index contributed by atoms with van der Waals surface area (Å²) >= 11 is 1.05. The monoisotopic (exact) mass is 122 g/mol. The van der Waals surface area contributed by atoms with Gasteiger partial charge in [-0.15, -0.1) is 0 Å². The smallest absolute Gasteiger partial charge is 0.155 e. The van der Waals surface area contributed by atoms with Crippen molar-refractivity contribution in [3.8, 4) is 0 Å². The maximum absolute atomic E-state index is 8.59. The Morgan fingerprint density at radius 3 is 2.29 bits per heavy atom. The zero-order valence-corrected chi connectivity index (χ0v) is 4.27. The molecule has 1 heterocycles. The average molecular weight is 122 g/mol. The van der Waals surface area contributed by atoms with Crippen molar-refractivity contribution < 1.29 is 10.2 Å². The van der Waals surface area contributed by atoms with Gasteiger partial charge in [-0.25, -0.2) is 5.43 Å². The van der Waals surface area contributed by atoms with Crippen molar-refractivity contribution in [1.82, 2.24) is 10.3 Å². The molecular weight excluding hydrogens is 116 g/mol. The second-order valence-corrected chi connectivity index (χ2v) is 2.12. The Morgan fingerprint density at radius 2 is 2.14 bits per heavy atom. The molecule has 4 N–H and O–H groups in total. The maximum Gasteiger partial charge on any atom is 0.155 e. The lowest BCUT2D eigenvalue weighted by atomic mass is 10.6. The zero-order chi connectivity index (χ0) is 5.28. The Labute approximate surface area is 45.0 Å². The third-order valence-electron chi connectivity index (χ3n) is 0.657. The summed E-state index contributed by atoms with van der Waals surface area (Å²) in [6, 6.07) is 0. The van der Waals surface area contributed by atoms with Crippen LogP contribution in [0.5, 0.6) is 0 Å². The summed E-state index contributed by atoms with van der Waals surface area (Å²) in [6.07, 6.45) is -0.829. The van der Waals surface area contributed by atoms with Gasteiger partial charge in [-0.3, -0.25) is 0 Å². The topological polar surface area (TPSA) is 64.5 Å². The molecule has 1 rings (SSSR count). The summed E-state index contributed by atoms with van der Waals surface area (Å²) in [7, 11) is 0. The highest BCUT2D eigenvalue weighted by atomic mass is 32.2. The second-order valence-electron chi connectivity index (χ2n) is 1.20. The summed E-state index contributed by atoms with van der Waals surface area (Å²) in [4.78, 5) is 2.49. The second kappa shape index (κ2) is 1.97. The van der Waals surface area contributed by atoms with Crippen LogP contribution >= 0.6 is 11.9 Å². The minimum Gasteiger partial charge on any atom is -0.377 e. The predicted octanol–water partition coefficient (Wildman–Crippen LogP) is -1.62. The Kier molecular flexibility index (Phi) is 1.50. The number of hydrazine groups is 1. The van der Waals surface area contributed by atoms with Crippen molar-refractivity contribution in [3.05, 3.63) is 0 Å². The first-order valence-electron chi connectivity index (χ1n) is 1.83. The summed E-state index contributed by atoms with van der Waals surface area (Å²) in [5.74, 6) is 0. The summed E-state index contributed by atoms with van der Waals surface area (Å²) < 4.78 is 0. The van der Waals surface area contributed by atoms with E-state index in [2.05, 4.69) is 10.3 Å². The third kappa shape index (κ3) is 1.05. The normalized spacial score (nSPS) is 42.0. The lowest BCUT2D eigenvalue weighted by Crippen LogP contribution is -2.32. The van der Waals surface area contributed by atoms with Gasteiger partial charge in [0.25, 0.3) is 0 Å². The van der Waals surface area contributed by atoms with E-state index in [1.165, 1.54) is 0 Å². The molecule has 0 aromatic rings. The predicted molar refractivity (Wildman–Crippen MR) is 25.9 cm³/mol. The van der Waals surface area contributed by atoms with Crippen LogP contribution in [0.15, 0.2) is 0 Å². The molecule has 0 amide bonds. The molecule has 0 aliphatic carbocycles. The van der Waals surface area contributed by atoms with Gasteiger partial charge in [0.15, 0.2) is 11.7 Å². The van der Waals surface area contributed by atoms with Gasteiger partial charge in [0, 0.05) is 0 Å². The SMILES string of the molecule is OC1NNSC1O. The van der Waals surface area contributed by atoms with Gasteiger partial charge in [-0.05, 0) is 11.9 Å². The van der Waals surface area contributed by atoms with E-state index in [9.17, 15) is 0 Å². The molecule has 2 unspecified atom stereocenters. The van der Waals surface area contributed by atoms with Gasteiger partial charge >= 0.3 is 0 Å². The lowest BCUT2D eigenvalue weighted by Gasteiger charge is -2.00. The molecule has 7 heavy (non-hydrogen) atoms. The van der Waals surface area contributed by atoms with Crippen LogP contribution in [0.2, 0.25) is 0 Å². The molecule has 0 aromatic heterocycles. The fourth-order valence-electron chi connectivity index (χ4n) is 0.291. The molecule has 1 fully saturated rings. The Hall–Kier alpha value is 0.190. The molecule has 42 valence electrons. The van der Waals surface area contributed by atoms with Crippen LogP contribution in [-0.4, -0.2) is 21.9 Å². The molecule has 5 heteroatoms. The molecule has 4 nitrogen and oxygen atoms in total. The fourth-order valence-corrected chi connectivity index (χ4v) is 0.797. The minimum atomic E-state index is -0.829. The van der Waals surface area contributed by atoms with E-state index >= 15 is 0 Å². The van der Waals surface area contributed by atoms with E-state index in [4.69, 9.17) is 10.2 Å². The van der Waals surface area contributed by atoms with Crippen LogP contribution < -0.4 is 10.3 Å². The van der Waals surface area contributed by atoms with E-state index in [-0.39, 0.29) is 0 Å². The van der Waals surface area contributed by atoms with Crippen molar-refractivity contribution in [2.45, 2.75) is 11.7 Å². The molecule has 0 radical (unpaired) electrons. The Bertz CT molecular complexity index is 62.7. The molecule has 2 atom stereocenters. The fraction of sp³-hybridized carbons (Fsp3) is 1.00. The standard InChI is InChI=1S/C2H6N2O2S/c5-1-2(6)7-4-3-1/h1-6H. The van der Waals surface area contributed by atoms with Crippen LogP contribution in [0, 0.1) is 0 Å². The minimum absolute atomic E-state index is 0.736. The van der Waals surface area contributed by atoms with Crippen LogP contribution in [-0.2, 0) is 0 Å². The van der Waals surface area contributed by atoms with Crippen molar-refractivity contribution >= 4 is 11.9 Å². The zero-order valence-electron chi connectivity index (χ0n) is 3.46. The van der Waals surface area contributed by atoms with Crippen LogP contribution in [0.4, 0.5) is 0 Å². The van der Waals surface area contributed by atoms with Gasteiger partial charge in [0.1, 0.15) is 0 Å². The highest BCUT2D eigenvalue weighted by Crippen LogP contribution is 2.09. The molecule has 0 bridgehead atoms. The highest BCUT2D eigenvalue weighted by molar-refractivity contribution is 7.98. The molecule has 1 aliphatic rings. The first-order chi connectivity index (χ1) is 3.30. The lowest BCUT2D eigenvalue weighted by molar-refractivity contribution is 0.0575. The summed E-state index contributed by atoms with van der Waals surface area (Å²) in [5.41, 5.74) is 1.65. The number of hydrogen-bond acceptors (Lipinski definition) is 5. The number of nitrogens with one attached hydrogen (secondary N) is 2. The first-order valence-corrected chi connectivity index (χ1v) is 2.71. The molecular formula is C2H6N2O2S. The van der Waals surface area contributed by atoms with Gasteiger partial charge in [-0.1, -0.05) is 0 Å². The van der Waals surface area contributed by atoms with Crippen molar-refractivity contribution in [3.63, 3.8) is 0 Å². The quantitative estimate of drug-likeness (QED) is 0.291. The van der Waals surface area contributed by atoms with Gasteiger partial charge in [0.05, 0.1) is 0 Å². The maximum atomic E-state index is 8.59. The Morgan fingerprint density at radius 1 is 1.43 bits per heavy atom. The highest BCUT2D eigenvalue weighted by Gasteiger charge is 2.21.